The maximum atomic E-state index is 11.9. The molecule has 1 aliphatic rings. The van der Waals surface area contributed by atoms with Crippen LogP contribution in [-0.4, -0.2) is 5.78 Å². The van der Waals surface area contributed by atoms with Crippen LogP contribution in [0.4, 0.5) is 0 Å². The maximum absolute atomic E-state index is 11.9. The molecule has 0 aliphatic heterocycles. The second-order valence-electron chi connectivity index (χ2n) is 4.13. The van der Waals surface area contributed by atoms with Crippen LogP contribution in [0, 0.1) is 12.3 Å². The van der Waals surface area contributed by atoms with Gasteiger partial charge in [-0.3, -0.25) is 4.79 Å². The Kier molecular flexibility index (Phi) is 2.60. The molecule has 0 radical (unpaired) electrons. The molecule has 0 aromatic heterocycles. The maximum Gasteiger partial charge on any atom is 0.215 e. The average molecular weight is 198 g/mol. The number of hydrogen-bond donors (Lipinski definition) is 0. The van der Waals surface area contributed by atoms with E-state index in [9.17, 15) is 4.79 Å². The largest absolute Gasteiger partial charge is 0.284 e. The van der Waals surface area contributed by atoms with Crippen molar-refractivity contribution in [1.29, 1.82) is 0 Å². The predicted molar refractivity (Wildman–Crippen MR) is 60.4 cm³/mol. The predicted octanol–water partition coefficient (Wildman–Crippen LogP) is 2.70. The molecule has 1 aliphatic carbocycles. The molecule has 0 atom stereocenters. The molecule has 0 bridgehead atoms. The summed E-state index contributed by atoms with van der Waals surface area (Å²) in [5.74, 6) is 2.26. The second-order valence-corrected chi connectivity index (χ2v) is 4.13. The zero-order valence-electron chi connectivity index (χ0n) is 8.70. The van der Waals surface area contributed by atoms with Gasteiger partial charge < -0.3 is 0 Å². The Hall–Kier alpha value is -1.55. The van der Waals surface area contributed by atoms with Crippen molar-refractivity contribution in [2.75, 3.05) is 0 Å². The Balaban J connectivity index is 2.45. The van der Waals surface area contributed by atoms with Gasteiger partial charge in [0, 0.05) is 0 Å². The highest BCUT2D eigenvalue weighted by Gasteiger charge is 2.41. The van der Waals surface area contributed by atoms with Gasteiger partial charge in [-0.05, 0) is 24.3 Å². The molecule has 0 saturated heterocycles. The highest BCUT2D eigenvalue weighted by atomic mass is 16.1. The number of ketones is 1. The molecule has 1 fully saturated rings. The van der Waals surface area contributed by atoms with E-state index in [-0.39, 0.29) is 11.2 Å². The highest BCUT2D eigenvalue weighted by Crippen LogP contribution is 2.41. The third kappa shape index (κ3) is 1.57. The lowest BCUT2D eigenvalue weighted by atomic mass is 9.75. The molecule has 15 heavy (non-hydrogen) atoms. The molecule has 1 heteroatoms. The molecule has 0 unspecified atom stereocenters. The van der Waals surface area contributed by atoms with Crippen molar-refractivity contribution in [1.82, 2.24) is 0 Å². The summed E-state index contributed by atoms with van der Waals surface area (Å²) in [5.41, 5.74) is 0.709. The molecule has 0 heterocycles. The lowest BCUT2D eigenvalue weighted by molar-refractivity contribution is -0.118. The van der Waals surface area contributed by atoms with Gasteiger partial charge in [0.25, 0.3) is 0 Å². The molecule has 0 spiro atoms. The van der Waals surface area contributed by atoms with Crippen molar-refractivity contribution >= 4 is 5.78 Å². The SMILES string of the molecule is C#CC(=O)C1(c2ccccc2)CCCC1. The van der Waals surface area contributed by atoms with E-state index >= 15 is 0 Å². The van der Waals surface area contributed by atoms with Crippen molar-refractivity contribution in [2.24, 2.45) is 0 Å². The van der Waals surface area contributed by atoms with Crippen molar-refractivity contribution < 1.29 is 4.79 Å². The minimum absolute atomic E-state index is 0.0498. The van der Waals surface area contributed by atoms with Crippen molar-refractivity contribution in [3.05, 3.63) is 35.9 Å². The Morgan fingerprint density at radius 3 is 2.33 bits per heavy atom. The summed E-state index contributed by atoms with van der Waals surface area (Å²) in [5, 5.41) is 0. The van der Waals surface area contributed by atoms with Crippen LogP contribution in [0.15, 0.2) is 30.3 Å². The van der Waals surface area contributed by atoms with E-state index in [1.165, 1.54) is 0 Å². The summed E-state index contributed by atoms with van der Waals surface area (Å²) in [6.07, 6.45) is 9.28. The zero-order valence-corrected chi connectivity index (χ0v) is 8.70. The normalized spacial score (nSPS) is 18.3. The van der Waals surface area contributed by atoms with Gasteiger partial charge in [0.05, 0.1) is 5.41 Å². The van der Waals surface area contributed by atoms with Crippen molar-refractivity contribution in [3.63, 3.8) is 0 Å². The van der Waals surface area contributed by atoms with Gasteiger partial charge in [0.15, 0.2) is 0 Å². The second kappa shape index (κ2) is 3.90. The summed E-state index contributed by atoms with van der Waals surface area (Å²) in [4.78, 5) is 11.9. The van der Waals surface area contributed by atoms with Crippen LogP contribution in [0.5, 0.6) is 0 Å². The van der Waals surface area contributed by atoms with E-state index in [0.717, 1.165) is 31.2 Å². The van der Waals surface area contributed by atoms with E-state index in [1.54, 1.807) is 0 Å². The molecule has 1 nitrogen and oxygen atoms in total. The van der Waals surface area contributed by atoms with Crippen molar-refractivity contribution in [3.8, 4) is 12.3 Å². The number of terminal acetylenes is 1. The molecule has 1 saturated carbocycles. The Morgan fingerprint density at radius 2 is 1.80 bits per heavy atom. The Bertz CT molecular complexity index is 391. The molecule has 0 N–H and O–H groups in total. The average Bonchev–Trinajstić information content (AvgIpc) is 2.79. The van der Waals surface area contributed by atoms with Crippen LogP contribution >= 0.6 is 0 Å². The lowest BCUT2D eigenvalue weighted by Gasteiger charge is -2.25. The standard InChI is InChI=1S/C14H14O/c1-2-13(15)14(10-6-7-11-14)12-8-4-3-5-9-12/h1,3-5,8-9H,6-7,10-11H2. The first-order valence-electron chi connectivity index (χ1n) is 5.36. The summed E-state index contributed by atoms with van der Waals surface area (Å²) in [7, 11) is 0. The summed E-state index contributed by atoms with van der Waals surface area (Å²) in [6.45, 7) is 0. The van der Waals surface area contributed by atoms with Gasteiger partial charge in [-0.15, -0.1) is 6.42 Å². The van der Waals surface area contributed by atoms with Crippen LogP contribution in [0.3, 0.4) is 0 Å². The molecular formula is C14H14O. The van der Waals surface area contributed by atoms with E-state index in [2.05, 4.69) is 5.92 Å². The van der Waals surface area contributed by atoms with Crippen LogP contribution in [0.25, 0.3) is 0 Å². The lowest BCUT2D eigenvalue weighted by Crippen LogP contribution is -2.31. The molecule has 1 aromatic rings. The first kappa shape index (κ1) is 9.98. The van der Waals surface area contributed by atoms with Gasteiger partial charge >= 0.3 is 0 Å². The fraction of sp³-hybridized carbons (Fsp3) is 0.357. The van der Waals surface area contributed by atoms with Gasteiger partial charge in [-0.2, -0.15) is 0 Å². The quantitative estimate of drug-likeness (QED) is 0.527. The summed E-state index contributed by atoms with van der Waals surface area (Å²) < 4.78 is 0. The first-order valence-corrected chi connectivity index (χ1v) is 5.36. The minimum Gasteiger partial charge on any atom is -0.284 e. The Morgan fingerprint density at radius 1 is 1.20 bits per heavy atom. The number of carbonyl (C=O) groups is 1. The van der Waals surface area contributed by atoms with Crippen LogP contribution in [-0.2, 0) is 10.2 Å². The number of carbonyl (C=O) groups excluding carboxylic acids is 1. The number of Topliss-reactive ketones (excluding diaryl/α,β-unsaturated/α-hetero) is 1. The number of benzene rings is 1. The van der Waals surface area contributed by atoms with Crippen molar-refractivity contribution in [2.45, 2.75) is 31.1 Å². The van der Waals surface area contributed by atoms with E-state index < -0.39 is 0 Å². The molecule has 76 valence electrons. The zero-order chi connectivity index (χ0) is 10.7. The topological polar surface area (TPSA) is 17.1 Å². The van der Waals surface area contributed by atoms with Gasteiger partial charge in [-0.25, -0.2) is 0 Å². The number of hydrogen-bond acceptors (Lipinski definition) is 1. The summed E-state index contributed by atoms with van der Waals surface area (Å²) in [6, 6.07) is 9.94. The van der Waals surface area contributed by atoms with Crippen LogP contribution in [0.2, 0.25) is 0 Å². The summed E-state index contributed by atoms with van der Waals surface area (Å²) >= 11 is 0. The Labute approximate surface area is 90.5 Å². The van der Waals surface area contributed by atoms with Gasteiger partial charge in [0.1, 0.15) is 0 Å². The van der Waals surface area contributed by atoms with Crippen LogP contribution < -0.4 is 0 Å². The number of rotatable bonds is 2. The molecule has 2 rings (SSSR count). The third-order valence-electron chi connectivity index (χ3n) is 3.35. The van der Waals surface area contributed by atoms with E-state index in [1.807, 2.05) is 30.3 Å². The molecule has 1 aromatic carbocycles. The first-order chi connectivity index (χ1) is 7.29. The minimum atomic E-state index is -0.379. The smallest absolute Gasteiger partial charge is 0.215 e. The van der Waals surface area contributed by atoms with Gasteiger partial charge in [-0.1, -0.05) is 43.2 Å². The third-order valence-corrected chi connectivity index (χ3v) is 3.35. The molecule has 0 amide bonds. The monoisotopic (exact) mass is 198 g/mol. The molecular weight excluding hydrogens is 184 g/mol. The highest BCUT2D eigenvalue weighted by molar-refractivity contribution is 6.03. The van der Waals surface area contributed by atoms with E-state index in [4.69, 9.17) is 6.42 Å². The fourth-order valence-electron chi connectivity index (χ4n) is 2.52. The van der Waals surface area contributed by atoms with Gasteiger partial charge in [0.2, 0.25) is 5.78 Å². The van der Waals surface area contributed by atoms with Crippen LogP contribution in [0.1, 0.15) is 31.2 Å². The van der Waals surface area contributed by atoms with E-state index in [0.29, 0.717) is 0 Å². The fourth-order valence-corrected chi connectivity index (χ4v) is 2.52.